The molecule has 3 heterocycles. The van der Waals surface area contributed by atoms with Gasteiger partial charge in [-0.15, -0.1) is 11.3 Å². The van der Waals surface area contributed by atoms with E-state index in [1.807, 2.05) is 11.3 Å². The molecule has 0 fully saturated rings. The second-order valence-corrected chi connectivity index (χ2v) is 17.1. The maximum atomic E-state index is 3.68. The highest BCUT2D eigenvalue weighted by atomic mass is 79.9. The molecule has 0 N–H and O–H groups in total. The molecule has 278 valence electrons. The van der Waals surface area contributed by atoms with Crippen LogP contribution >= 0.6 is 27.3 Å². The lowest BCUT2D eigenvalue weighted by atomic mass is 10.0. The number of fused-ring (bicyclic) bond motifs is 9. The fourth-order valence-corrected chi connectivity index (χ4v) is 10.6. The molecule has 0 atom stereocenters. The molecule has 0 spiro atoms. The number of thiophene rings is 1. The Labute approximate surface area is 353 Å². The first kappa shape index (κ1) is 34.1. The van der Waals surface area contributed by atoms with Gasteiger partial charge in [-0.1, -0.05) is 125 Å². The predicted molar refractivity (Wildman–Crippen MR) is 256 cm³/mol. The van der Waals surface area contributed by atoms with E-state index < -0.39 is 0 Å². The van der Waals surface area contributed by atoms with E-state index in [9.17, 15) is 0 Å². The minimum atomic E-state index is 1.07. The SMILES string of the molecule is Brc1cccc(-c2ccc(N(c3ccc4c5ccccc5n(-c5ccccc5)c4c3)c3ccc4c5cc6c(cc5n(-c5ccccc5)c4c3)sc3ccccc36)cc2)c1. The average molecular weight is 837 g/mol. The van der Waals surface area contributed by atoms with Crippen molar-refractivity contribution in [3.8, 4) is 22.5 Å². The molecular weight excluding hydrogens is 803 g/mol. The molecule has 0 unspecified atom stereocenters. The minimum absolute atomic E-state index is 1.07. The Morgan fingerprint density at radius 1 is 0.339 bits per heavy atom. The number of anilines is 3. The molecule has 0 aliphatic rings. The first-order chi connectivity index (χ1) is 29.2. The van der Waals surface area contributed by atoms with Gasteiger partial charge in [0.2, 0.25) is 0 Å². The second-order valence-electron chi connectivity index (χ2n) is 15.1. The van der Waals surface area contributed by atoms with Gasteiger partial charge in [-0.25, -0.2) is 0 Å². The number of rotatable bonds is 6. The summed E-state index contributed by atoms with van der Waals surface area (Å²) in [5.41, 5.74) is 12.6. The van der Waals surface area contributed by atoms with Crippen LogP contribution in [0.15, 0.2) is 211 Å². The number of para-hydroxylation sites is 3. The quantitative estimate of drug-likeness (QED) is 0.163. The molecule has 59 heavy (non-hydrogen) atoms. The average Bonchev–Trinajstić information content (AvgIpc) is 3.93. The fraction of sp³-hybridized carbons (Fsp3) is 0. The smallest absolute Gasteiger partial charge is 0.0561 e. The first-order valence-corrected chi connectivity index (χ1v) is 21.5. The van der Waals surface area contributed by atoms with Crippen LogP contribution in [0.1, 0.15) is 0 Å². The number of aromatic nitrogens is 2. The van der Waals surface area contributed by atoms with Gasteiger partial charge in [0.1, 0.15) is 0 Å². The summed E-state index contributed by atoms with van der Waals surface area (Å²) in [7, 11) is 0. The van der Waals surface area contributed by atoms with Gasteiger partial charge < -0.3 is 14.0 Å². The van der Waals surface area contributed by atoms with Crippen LogP contribution in [0, 0.1) is 0 Å². The number of hydrogen-bond acceptors (Lipinski definition) is 2. The van der Waals surface area contributed by atoms with Crippen molar-refractivity contribution >= 4 is 108 Å². The molecule has 5 heteroatoms. The summed E-state index contributed by atoms with van der Waals surface area (Å²) in [6.07, 6.45) is 0. The van der Waals surface area contributed by atoms with Crippen LogP contribution in [0.3, 0.4) is 0 Å². The molecule has 0 aliphatic heterocycles. The van der Waals surface area contributed by atoms with Crippen molar-refractivity contribution in [2.45, 2.75) is 0 Å². The van der Waals surface area contributed by atoms with Gasteiger partial charge in [0.05, 0.1) is 22.1 Å². The molecule has 9 aromatic carbocycles. The molecule has 3 aromatic heterocycles. The lowest BCUT2D eigenvalue weighted by Gasteiger charge is -2.26. The van der Waals surface area contributed by atoms with Crippen molar-refractivity contribution in [1.29, 1.82) is 0 Å². The summed E-state index contributed by atoms with van der Waals surface area (Å²) >= 11 is 5.55. The van der Waals surface area contributed by atoms with E-state index in [0.29, 0.717) is 0 Å². The van der Waals surface area contributed by atoms with Crippen LogP contribution in [0.5, 0.6) is 0 Å². The molecule has 0 saturated carbocycles. The Kier molecular flexibility index (Phi) is 7.87. The Morgan fingerprint density at radius 2 is 0.898 bits per heavy atom. The zero-order valence-electron chi connectivity index (χ0n) is 31.8. The third-order valence-corrected chi connectivity index (χ3v) is 13.4. The standard InChI is InChI=1S/C54H34BrN3S/c55-37-13-11-12-36(30-37)35-22-24-40(25-23-35)56(41-26-28-44-43-18-7-9-20-49(43)57(50(44)31-41)38-14-3-1-4-15-38)42-27-29-45-47-33-48-46-19-8-10-21-53(46)59-54(48)34-52(47)58(51(45)32-42)39-16-5-2-6-17-39/h1-34H. The van der Waals surface area contributed by atoms with Crippen molar-refractivity contribution in [3.05, 3.63) is 211 Å². The highest BCUT2D eigenvalue weighted by Crippen LogP contribution is 2.45. The monoisotopic (exact) mass is 835 g/mol. The maximum Gasteiger partial charge on any atom is 0.0561 e. The van der Waals surface area contributed by atoms with Crippen LogP contribution < -0.4 is 4.90 Å². The molecular formula is C54H34BrN3S. The third-order valence-electron chi connectivity index (χ3n) is 11.7. The number of hydrogen-bond donors (Lipinski definition) is 0. The van der Waals surface area contributed by atoms with E-state index in [0.717, 1.165) is 38.4 Å². The van der Waals surface area contributed by atoms with Gasteiger partial charge in [-0.2, -0.15) is 0 Å². The van der Waals surface area contributed by atoms with Crippen LogP contribution in [-0.4, -0.2) is 9.13 Å². The highest BCUT2D eigenvalue weighted by molar-refractivity contribution is 9.10. The summed E-state index contributed by atoms with van der Waals surface area (Å²) < 4.78 is 8.53. The number of halogens is 1. The van der Waals surface area contributed by atoms with Gasteiger partial charge in [0.25, 0.3) is 0 Å². The topological polar surface area (TPSA) is 13.1 Å². The molecule has 0 radical (unpaired) electrons. The van der Waals surface area contributed by atoms with Crippen molar-refractivity contribution in [2.24, 2.45) is 0 Å². The fourth-order valence-electron chi connectivity index (χ4n) is 9.09. The van der Waals surface area contributed by atoms with Crippen LogP contribution in [0.4, 0.5) is 17.1 Å². The van der Waals surface area contributed by atoms with Crippen LogP contribution in [-0.2, 0) is 0 Å². The maximum absolute atomic E-state index is 3.68. The lowest BCUT2D eigenvalue weighted by molar-refractivity contribution is 1.17. The molecule has 12 aromatic rings. The van der Waals surface area contributed by atoms with Crippen molar-refractivity contribution < 1.29 is 0 Å². The second kappa shape index (κ2) is 13.6. The zero-order valence-corrected chi connectivity index (χ0v) is 34.2. The summed E-state index contributed by atoms with van der Waals surface area (Å²) in [5.74, 6) is 0. The molecule has 0 aliphatic carbocycles. The van der Waals surface area contributed by atoms with Crippen LogP contribution in [0.2, 0.25) is 0 Å². The Balaban J connectivity index is 1.11. The summed E-state index contributed by atoms with van der Waals surface area (Å²) in [6, 6.07) is 75.2. The van der Waals surface area contributed by atoms with E-state index in [1.54, 1.807) is 0 Å². The van der Waals surface area contributed by atoms with Gasteiger partial charge >= 0.3 is 0 Å². The van der Waals surface area contributed by atoms with Gasteiger partial charge in [0.15, 0.2) is 0 Å². The summed E-state index contributed by atoms with van der Waals surface area (Å²) in [5, 5.41) is 7.57. The molecule has 0 saturated heterocycles. The van der Waals surface area contributed by atoms with Gasteiger partial charge in [0, 0.05) is 74.6 Å². The van der Waals surface area contributed by atoms with Gasteiger partial charge in [-0.3, -0.25) is 0 Å². The normalized spacial score (nSPS) is 11.8. The van der Waals surface area contributed by atoms with Gasteiger partial charge in [-0.05, 0) is 108 Å². The predicted octanol–water partition coefficient (Wildman–Crippen LogP) is 16.1. The third kappa shape index (κ3) is 5.54. The first-order valence-electron chi connectivity index (χ1n) is 19.9. The molecule has 12 rings (SSSR count). The zero-order chi connectivity index (χ0) is 39.0. The summed E-state index contributed by atoms with van der Waals surface area (Å²) in [4.78, 5) is 2.41. The van der Waals surface area contributed by atoms with Crippen molar-refractivity contribution in [2.75, 3.05) is 4.90 Å². The largest absolute Gasteiger partial charge is 0.310 e. The van der Waals surface area contributed by atoms with Crippen molar-refractivity contribution in [3.63, 3.8) is 0 Å². The van der Waals surface area contributed by atoms with E-state index >= 15 is 0 Å². The van der Waals surface area contributed by atoms with Crippen LogP contribution in [0.25, 0.3) is 86.3 Å². The summed E-state index contributed by atoms with van der Waals surface area (Å²) in [6.45, 7) is 0. The number of nitrogens with zero attached hydrogens (tertiary/aromatic N) is 3. The van der Waals surface area contributed by atoms with E-state index in [2.05, 4.69) is 236 Å². The Bertz CT molecular complexity index is 3560. The number of benzene rings is 9. The molecule has 0 amide bonds. The Hall–Kier alpha value is -6.92. The minimum Gasteiger partial charge on any atom is -0.310 e. The van der Waals surface area contributed by atoms with Crippen molar-refractivity contribution in [1.82, 2.24) is 9.13 Å². The highest BCUT2D eigenvalue weighted by Gasteiger charge is 2.21. The van der Waals surface area contributed by atoms with E-state index in [-0.39, 0.29) is 0 Å². The molecule has 0 bridgehead atoms. The lowest BCUT2D eigenvalue weighted by Crippen LogP contribution is -2.10. The molecule has 3 nitrogen and oxygen atoms in total. The van der Waals surface area contributed by atoms with E-state index in [4.69, 9.17) is 0 Å². The van der Waals surface area contributed by atoms with E-state index in [1.165, 1.54) is 69.4 Å². The Morgan fingerprint density at radius 3 is 1.59 bits per heavy atom.